The lowest BCUT2D eigenvalue weighted by Crippen LogP contribution is -2.43. The number of hydrogen-bond donors (Lipinski definition) is 1. The first kappa shape index (κ1) is 14.9. The van der Waals surface area contributed by atoms with Crippen LogP contribution in [0.5, 0.6) is 0 Å². The molecule has 122 valence electrons. The summed E-state index contributed by atoms with van der Waals surface area (Å²) in [5, 5.41) is 9.44. The standard InChI is InChI=1S/C17H21N3O2S/c1-17(13-6-8-23-14(13)5-7-22-17)10-18-16(21)15-12(11-3-4-11)9-19-20(15)2/h6,8-9,11H,3-5,7,10H2,1-2H3,(H,18,21). The molecule has 1 N–H and O–H groups in total. The van der Waals surface area contributed by atoms with Gasteiger partial charge in [0.1, 0.15) is 11.3 Å². The fourth-order valence-corrected chi connectivity index (χ4v) is 4.34. The molecule has 1 atom stereocenters. The van der Waals surface area contributed by atoms with E-state index in [-0.39, 0.29) is 5.91 Å². The number of aromatic nitrogens is 2. The first-order chi connectivity index (χ1) is 11.1. The molecule has 0 aromatic carbocycles. The van der Waals surface area contributed by atoms with Gasteiger partial charge in [0.2, 0.25) is 0 Å². The van der Waals surface area contributed by atoms with Crippen LogP contribution in [-0.4, -0.2) is 28.8 Å². The summed E-state index contributed by atoms with van der Waals surface area (Å²) in [7, 11) is 1.83. The van der Waals surface area contributed by atoms with Gasteiger partial charge in [-0.15, -0.1) is 11.3 Å². The highest BCUT2D eigenvalue weighted by molar-refractivity contribution is 7.10. The van der Waals surface area contributed by atoms with Crippen molar-refractivity contribution >= 4 is 17.2 Å². The predicted molar refractivity (Wildman–Crippen MR) is 88.8 cm³/mol. The third-order valence-electron chi connectivity index (χ3n) is 4.85. The quantitative estimate of drug-likeness (QED) is 0.937. The van der Waals surface area contributed by atoms with Gasteiger partial charge in [0.15, 0.2) is 0 Å². The van der Waals surface area contributed by atoms with E-state index in [9.17, 15) is 4.79 Å². The maximum atomic E-state index is 12.7. The fraction of sp³-hybridized carbons (Fsp3) is 0.529. The highest BCUT2D eigenvalue weighted by atomic mass is 32.1. The molecule has 3 heterocycles. The molecule has 23 heavy (non-hydrogen) atoms. The van der Waals surface area contributed by atoms with Crippen LogP contribution in [0.2, 0.25) is 0 Å². The van der Waals surface area contributed by atoms with Crippen LogP contribution in [0.25, 0.3) is 0 Å². The van der Waals surface area contributed by atoms with Gasteiger partial charge in [0.05, 0.1) is 19.3 Å². The van der Waals surface area contributed by atoms with E-state index < -0.39 is 5.60 Å². The zero-order valence-electron chi connectivity index (χ0n) is 13.5. The molecule has 6 heteroatoms. The van der Waals surface area contributed by atoms with E-state index >= 15 is 0 Å². The number of fused-ring (bicyclic) bond motifs is 1. The second-order valence-electron chi connectivity index (χ2n) is 6.62. The number of hydrogen-bond acceptors (Lipinski definition) is 4. The van der Waals surface area contributed by atoms with Gasteiger partial charge in [-0.1, -0.05) is 0 Å². The summed E-state index contributed by atoms with van der Waals surface area (Å²) >= 11 is 1.77. The second-order valence-corrected chi connectivity index (χ2v) is 7.62. The molecule has 1 unspecified atom stereocenters. The predicted octanol–water partition coefficient (Wildman–Crippen LogP) is 2.58. The number of nitrogens with zero attached hydrogens (tertiary/aromatic N) is 2. The number of aryl methyl sites for hydroxylation is 1. The molecule has 2 aliphatic rings. The molecule has 0 spiro atoms. The number of ether oxygens (including phenoxy) is 1. The molecule has 2 aromatic rings. The van der Waals surface area contributed by atoms with E-state index in [2.05, 4.69) is 28.8 Å². The lowest BCUT2D eigenvalue weighted by Gasteiger charge is -2.34. The van der Waals surface area contributed by atoms with E-state index in [0.717, 1.165) is 24.8 Å². The first-order valence-electron chi connectivity index (χ1n) is 8.09. The van der Waals surface area contributed by atoms with Crippen LogP contribution < -0.4 is 5.32 Å². The van der Waals surface area contributed by atoms with E-state index in [1.807, 2.05) is 13.2 Å². The van der Waals surface area contributed by atoms with Gasteiger partial charge in [0.25, 0.3) is 5.91 Å². The summed E-state index contributed by atoms with van der Waals surface area (Å²) < 4.78 is 7.69. The summed E-state index contributed by atoms with van der Waals surface area (Å²) in [5.41, 5.74) is 2.54. The van der Waals surface area contributed by atoms with Gasteiger partial charge in [0, 0.05) is 23.9 Å². The largest absolute Gasteiger partial charge is 0.368 e. The van der Waals surface area contributed by atoms with Crippen LogP contribution in [0.3, 0.4) is 0 Å². The molecule has 1 amide bonds. The summed E-state index contributed by atoms with van der Waals surface area (Å²) in [6, 6.07) is 2.12. The van der Waals surface area contributed by atoms with E-state index in [1.165, 1.54) is 10.4 Å². The van der Waals surface area contributed by atoms with Crippen molar-refractivity contribution in [1.82, 2.24) is 15.1 Å². The minimum absolute atomic E-state index is 0.0564. The minimum atomic E-state index is -0.443. The molecular formula is C17H21N3O2S. The van der Waals surface area contributed by atoms with E-state index in [1.54, 1.807) is 16.0 Å². The molecule has 1 saturated carbocycles. The number of nitrogens with one attached hydrogen (secondary N) is 1. The molecule has 1 fully saturated rings. The Hall–Kier alpha value is -1.66. The van der Waals surface area contributed by atoms with Crippen molar-refractivity contribution in [2.24, 2.45) is 7.05 Å². The van der Waals surface area contributed by atoms with Crippen LogP contribution in [0.1, 0.15) is 52.2 Å². The number of thiophene rings is 1. The number of amides is 1. The summed E-state index contributed by atoms with van der Waals surface area (Å²) in [6.45, 7) is 3.24. The van der Waals surface area contributed by atoms with Crippen molar-refractivity contribution in [1.29, 1.82) is 0 Å². The Kier molecular flexibility index (Phi) is 3.54. The minimum Gasteiger partial charge on any atom is -0.368 e. The van der Waals surface area contributed by atoms with Crippen molar-refractivity contribution in [3.05, 3.63) is 39.3 Å². The van der Waals surface area contributed by atoms with Crippen LogP contribution in [0, 0.1) is 0 Å². The normalized spacial score (nSPS) is 23.6. The summed E-state index contributed by atoms with van der Waals surface area (Å²) in [6.07, 6.45) is 5.11. The molecule has 2 aromatic heterocycles. The zero-order valence-corrected chi connectivity index (χ0v) is 14.3. The Morgan fingerprint density at radius 2 is 2.39 bits per heavy atom. The second kappa shape index (κ2) is 5.46. The molecule has 0 bridgehead atoms. The van der Waals surface area contributed by atoms with Crippen molar-refractivity contribution in [3.8, 4) is 0 Å². The molecule has 1 aliphatic heterocycles. The van der Waals surface area contributed by atoms with Crippen molar-refractivity contribution in [3.63, 3.8) is 0 Å². The van der Waals surface area contributed by atoms with Gasteiger partial charge >= 0.3 is 0 Å². The monoisotopic (exact) mass is 331 g/mol. The van der Waals surface area contributed by atoms with Crippen LogP contribution in [-0.2, 0) is 23.8 Å². The third kappa shape index (κ3) is 2.60. The lowest BCUT2D eigenvalue weighted by molar-refractivity contribution is -0.0426. The maximum absolute atomic E-state index is 12.7. The average molecular weight is 331 g/mol. The fourth-order valence-electron chi connectivity index (χ4n) is 3.36. The number of rotatable bonds is 4. The topological polar surface area (TPSA) is 56.2 Å². The Labute approximate surface area is 139 Å². The Balaban J connectivity index is 1.52. The van der Waals surface area contributed by atoms with Gasteiger partial charge in [-0.25, -0.2) is 0 Å². The summed E-state index contributed by atoms with van der Waals surface area (Å²) in [5.74, 6) is 0.452. The molecule has 0 radical (unpaired) electrons. The average Bonchev–Trinajstić information content (AvgIpc) is 3.12. The Morgan fingerprint density at radius 1 is 1.57 bits per heavy atom. The molecule has 1 aliphatic carbocycles. The molecular weight excluding hydrogens is 310 g/mol. The zero-order chi connectivity index (χ0) is 16.0. The molecule has 5 nitrogen and oxygen atoms in total. The van der Waals surface area contributed by atoms with Gasteiger partial charge < -0.3 is 10.1 Å². The lowest BCUT2D eigenvalue weighted by atomic mass is 9.93. The summed E-state index contributed by atoms with van der Waals surface area (Å²) in [4.78, 5) is 14.1. The Morgan fingerprint density at radius 3 is 3.17 bits per heavy atom. The van der Waals surface area contributed by atoms with Crippen molar-refractivity contribution in [2.75, 3.05) is 13.2 Å². The van der Waals surface area contributed by atoms with Crippen molar-refractivity contribution in [2.45, 2.75) is 37.7 Å². The highest BCUT2D eigenvalue weighted by Crippen LogP contribution is 2.41. The third-order valence-corrected chi connectivity index (χ3v) is 5.83. The van der Waals surface area contributed by atoms with Crippen LogP contribution in [0.4, 0.5) is 0 Å². The smallest absolute Gasteiger partial charge is 0.269 e. The number of carbonyl (C=O) groups is 1. The van der Waals surface area contributed by atoms with E-state index in [4.69, 9.17) is 4.74 Å². The highest BCUT2D eigenvalue weighted by Gasteiger charge is 2.36. The first-order valence-corrected chi connectivity index (χ1v) is 8.97. The van der Waals surface area contributed by atoms with E-state index in [0.29, 0.717) is 24.8 Å². The SMILES string of the molecule is Cn1ncc(C2CC2)c1C(=O)NCC1(C)OCCc2sccc21. The van der Waals surface area contributed by atoms with Crippen LogP contribution in [0.15, 0.2) is 17.6 Å². The van der Waals surface area contributed by atoms with Gasteiger partial charge in [-0.2, -0.15) is 5.10 Å². The van der Waals surface area contributed by atoms with Gasteiger partial charge in [-0.05, 0) is 42.7 Å². The maximum Gasteiger partial charge on any atom is 0.269 e. The Bertz CT molecular complexity index is 747. The van der Waals surface area contributed by atoms with Crippen LogP contribution >= 0.6 is 11.3 Å². The molecule has 4 rings (SSSR count). The van der Waals surface area contributed by atoms with Crippen molar-refractivity contribution < 1.29 is 9.53 Å². The number of carbonyl (C=O) groups excluding carboxylic acids is 1. The molecule has 0 saturated heterocycles. The van der Waals surface area contributed by atoms with Gasteiger partial charge in [-0.3, -0.25) is 9.48 Å².